The van der Waals surface area contributed by atoms with Gasteiger partial charge in [0.05, 0.1) is 12.2 Å². The number of hydrogen-bond donors (Lipinski definition) is 0. The number of rotatable bonds is 2. The van der Waals surface area contributed by atoms with Crippen molar-refractivity contribution in [3.8, 4) is 11.5 Å². The zero-order valence-electron chi connectivity index (χ0n) is 11.7. The molecule has 20 heavy (non-hydrogen) atoms. The number of fused-ring (bicyclic) bond motifs is 3. The van der Waals surface area contributed by atoms with Gasteiger partial charge in [0.15, 0.2) is 11.5 Å². The molecule has 2 heterocycles. The zero-order valence-corrected chi connectivity index (χ0v) is 11.7. The second-order valence-corrected chi connectivity index (χ2v) is 5.26. The van der Waals surface area contributed by atoms with Gasteiger partial charge in [-0.3, -0.25) is 0 Å². The van der Waals surface area contributed by atoms with Crippen molar-refractivity contribution in [2.45, 2.75) is 26.4 Å². The normalized spacial score (nSPS) is 15.8. The van der Waals surface area contributed by atoms with Crippen molar-refractivity contribution < 1.29 is 13.9 Å². The maximum Gasteiger partial charge on any atom is 0.336 e. The summed E-state index contributed by atoms with van der Waals surface area (Å²) in [5, 5.41) is 0.819. The van der Waals surface area contributed by atoms with Gasteiger partial charge in [-0.05, 0) is 45.1 Å². The summed E-state index contributed by atoms with van der Waals surface area (Å²) in [4.78, 5) is 11.4. The smallest absolute Gasteiger partial charge is 0.336 e. The summed E-state index contributed by atoms with van der Waals surface area (Å²) >= 11 is 0. The Kier molecular flexibility index (Phi) is 2.82. The van der Waals surface area contributed by atoms with Crippen LogP contribution in [0.15, 0.2) is 33.5 Å². The first-order chi connectivity index (χ1) is 9.50. The standard InChI is InChI=1S/C16H16O4/c1-4-18-12-9-10-5-6-13(17)19-14(10)11-7-8-16(2,3)20-15(11)12/h5-9H,4H2,1-3H3. The highest BCUT2D eigenvalue weighted by Crippen LogP contribution is 2.42. The first-order valence-electron chi connectivity index (χ1n) is 6.62. The summed E-state index contributed by atoms with van der Waals surface area (Å²) in [6.45, 7) is 6.40. The molecule has 0 saturated heterocycles. The van der Waals surface area contributed by atoms with Crippen molar-refractivity contribution in [3.05, 3.63) is 40.3 Å². The second kappa shape index (κ2) is 4.40. The average molecular weight is 272 g/mol. The van der Waals surface area contributed by atoms with Crippen molar-refractivity contribution in [2.75, 3.05) is 6.61 Å². The average Bonchev–Trinajstić information content (AvgIpc) is 2.39. The first-order valence-corrected chi connectivity index (χ1v) is 6.62. The molecular formula is C16H16O4. The highest BCUT2D eigenvalue weighted by atomic mass is 16.5. The molecule has 0 N–H and O–H groups in total. The van der Waals surface area contributed by atoms with Crippen LogP contribution in [-0.2, 0) is 0 Å². The molecule has 104 valence electrons. The number of ether oxygens (including phenoxy) is 2. The van der Waals surface area contributed by atoms with Crippen LogP contribution in [0.2, 0.25) is 0 Å². The summed E-state index contributed by atoms with van der Waals surface area (Å²) in [6.07, 6.45) is 3.87. The van der Waals surface area contributed by atoms with Crippen LogP contribution in [0, 0.1) is 0 Å². The Labute approximate surface area is 116 Å². The Bertz CT molecular complexity index is 753. The molecule has 0 saturated carbocycles. The topological polar surface area (TPSA) is 48.7 Å². The lowest BCUT2D eigenvalue weighted by Crippen LogP contribution is -2.28. The van der Waals surface area contributed by atoms with E-state index in [9.17, 15) is 4.79 Å². The van der Waals surface area contributed by atoms with Crippen LogP contribution in [-0.4, -0.2) is 12.2 Å². The van der Waals surface area contributed by atoms with Crippen LogP contribution < -0.4 is 15.1 Å². The third kappa shape index (κ3) is 2.07. The molecule has 0 bridgehead atoms. The maximum atomic E-state index is 11.4. The molecule has 4 heteroatoms. The van der Waals surface area contributed by atoms with E-state index in [1.165, 1.54) is 6.07 Å². The fourth-order valence-electron chi connectivity index (χ4n) is 2.29. The number of benzene rings is 1. The Hall–Kier alpha value is -2.23. The van der Waals surface area contributed by atoms with Crippen molar-refractivity contribution in [1.29, 1.82) is 0 Å². The minimum Gasteiger partial charge on any atom is -0.490 e. The largest absolute Gasteiger partial charge is 0.490 e. The van der Waals surface area contributed by atoms with Crippen LogP contribution in [0.1, 0.15) is 26.3 Å². The quantitative estimate of drug-likeness (QED) is 0.786. The van der Waals surface area contributed by atoms with E-state index in [4.69, 9.17) is 13.9 Å². The van der Waals surface area contributed by atoms with E-state index < -0.39 is 5.60 Å². The van der Waals surface area contributed by atoms with Crippen LogP contribution >= 0.6 is 0 Å². The van der Waals surface area contributed by atoms with E-state index in [0.717, 1.165) is 10.9 Å². The van der Waals surface area contributed by atoms with E-state index in [2.05, 4.69) is 0 Å². The van der Waals surface area contributed by atoms with Crippen LogP contribution in [0.5, 0.6) is 11.5 Å². The van der Waals surface area contributed by atoms with E-state index in [1.54, 1.807) is 6.07 Å². The predicted molar refractivity (Wildman–Crippen MR) is 77.4 cm³/mol. The Morgan fingerprint density at radius 1 is 1.30 bits per heavy atom. The lowest BCUT2D eigenvalue weighted by Gasteiger charge is -2.29. The van der Waals surface area contributed by atoms with E-state index in [0.29, 0.717) is 23.7 Å². The van der Waals surface area contributed by atoms with Crippen LogP contribution in [0.25, 0.3) is 17.0 Å². The van der Waals surface area contributed by atoms with Gasteiger partial charge in [-0.1, -0.05) is 0 Å². The molecule has 2 aromatic rings. The molecule has 0 amide bonds. The van der Waals surface area contributed by atoms with Crippen LogP contribution in [0.3, 0.4) is 0 Å². The van der Waals surface area contributed by atoms with Crippen molar-refractivity contribution in [3.63, 3.8) is 0 Å². The van der Waals surface area contributed by atoms with E-state index in [1.807, 2.05) is 39.0 Å². The van der Waals surface area contributed by atoms with Crippen LogP contribution in [0.4, 0.5) is 0 Å². The van der Waals surface area contributed by atoms with Gasteiger partial charge < -0.3 is 13.9 Å². The molecular weight excluding hydrogens is 256 g/mol. The molecule has 0 radical (unpaired) electrons. The highest BCUT2D eigenvalue weighted by Gasteiger charge is 2.27. The predicted octanol–water partition coefficient (Wildman–Crippen LogP) is 3.38. The Balaban J connectivity index is 2.34. The van der Waals surface area contributed by atoms with Gasteiger partial charge in [-0.25, -0.2) is 4.79 Å². The van der Waals surface area contributed by atoms with Crippen molar-refractivity contribution in [2.24, 2.45) is 0 Å². The number of hydrogen-bond acceptors (Lipinski definition) is 4. The highest BCUT2D eigenvalue weighted by molar-refractivity contribution is 5.91. The monoisotopic (exact) mass is 272 g/mol. The molecule has 1 aromatic heterocycles. The summed E-state index contributed by atoms with van der Waals surface area (Å²) in [6, 6.07) is 4.98. The summed E-state index contributed by atoms with van der Waals surface area (Å²) in [5.41, 5.74) is 0.495. The third-order valence-electron chi connectivity index (χ3n) is 3.18. The summed E-state index contributed by atoms with van der Waals surface area (Å²) < 4.78 is 17.0. The minimum atomic E-state index is -0.415. The second-order valence-electron chi connectivity index (χ2n) is 5.26. The summed E-state index contributed by atoms with van der Waals surface area (Å²) in [7, 11) is 0. The van der Waals surface area contributed by atoms with Crippen molar-refractivity contribution >= 4 is 17.0 Å². The molecule has 4 nitrogen and oxygen atoms in total. The molecule has 0 atom stereocenters. The fraction of sp³-hybridized carbons (Fsp3) is 0.312. The lowest BCUT2D eigenvalue weighted by atomic mass is 10.00. The van der Waals surface area contributed by atoms with Gasteiger partial charge in [-0.15, -0.1) is 0 Å². The molecule has 1 aliphatic rings. The molecule has 1 aliphatic heterocycles. The zero-order chi connectivity index (χ0) is 14.3. The third-order valence-corrected chi connectivity index (χ3v) is 3.18. The van der Waals surface area contributed by atoms with Gasteiger partial charge in [0.25, 0.3) is 0 Å². The molecule has 3 rings (SSSR count). The molecule has 0 unspecified atom stereocenters. The van der Waals surface area contributed by atoms with Gasteiger partial charge >= 0.3 is 5.63 Å². The first kappa shape index (κ1) is 12.8. The van der Waals surface area contributed by atoms with Gasteiger partial charge in [0, 0.05) is 11.5 Å². The Morgan fingerprint density at radius 2 is 2.10 bits per heavy atom. The molecule has 0 spiro atoms. The Morgan fingerprint density at radius 3 is 2.85 bits per heavy atom. The van der Waals surface area contributed by atoms with Crippen molar-refractivity contribution in [1.82, 2.24) is 0 Å². The SMILES string of the molecule is CCOc1cc2ccc(=O)oc2c2c1OC(C)(C)C=C2. The molecule has 1 aromatic carbocycles. The fourth-order valence-corrected chi connectivity index (χ4v) is 2.29. The van der Waals surface area contributed by atoms with Gasteiger partial charge in [-0.2, -0.15) is 0 Å². The lowest BCUT2D eigenvalue weighted by molar-refractivity contribution is 0.150. The maximum absolute atomic E-state index is 11.4. The van der Waals surface area contributed by atoms with E-state index >= 15 is 0 Å². The molecule has 0 aliphatic carbocycles. The van der Waals surface area contributed by atoms with E-state index in [-0.39, 0.29) is 5.63 Å². The molecule has 0 fully saturated rings. The summed E-state index contributed by atoms with van der Waals surface area (Å²) in [5.74, 6) is 1.29. The minimum absolute atomic E-state index is 0.373. The van der Waals surface area contributed by atoms with Gasteiger partial charge in [0.2, 0.25) is 0 Å². The van der Waals surface area contributed by atoms with Gasteiger partial charge in [0.1, 0.15) is 11.2 Å².